The second kappa shape index (κ2) is 7.49. The van der Waals surface area contributed by atoms with Gasteiger partial charge in [0.1, 0.15) is 18.1 Å². The van der Waals surface area contributed by atoms with Crippen molar-refractivity contribution in [3.63, 3.8) is 0 Å². The summed E-state index contributed by atoms with van der Waals surface area (Å²) < 4.78 is 18.0. The van der Waals surface area contributed by atoms with Crippen LogP contribution >= 0.6 is 11.6 Å². The maximum atomic E-state index is 12.8. The van der Waals surface area contributed by atoms with Gasteiger partial charge in [0.25, 0.3) is 5.91 Å². The van der Waals surface area contributed by atoms with Crippen LogP contribution in [0.5, 0.6) is 5.75 Å². The van der Waals surface area contributed by atoms with Crippen LogP contribution in [0.3, 0.4) is 0 Å². The fraction of sp³-hybridized carbons (Fsp3) is 0.231. The number of amides is 1. The number of nitrogens with zero attached hydrogens (tertiary/aromatic N) is 1. The molecule has 1 rings (SSSR count). The summed E-state index contributed by atoms with van der Waals surface area (Å²) in [6, 6.07) is 3.49. The molecular weight excluding hydrogens is 289 g/mol. The predicted molar refractivity (Wildman–Crippen MR) is 71.3 cm³/mol. The molecule has 7 heteroatoms. The summed E-state index contributed by atoms with van der Waals surface area (Å²) >= 11 is 5.74. The fourth-order valence-corrected chi connectivity index (χ4v) is 1.62. The zero-order chi connectivity index (χ0) is 15.1. The Bertz CT molecular complexity index is 521. The van der Waals surface area contributed by atoms with Crippen molar-refractivity contribution in [3.8, 4) is 5.75 Å². The smallest absolute Gasteiger partial charge is 0.323 e. The van der Waals surface area contributed by atoms with Gasteiger partial charge in [0, 0.05) is 6.54 Å². The van der Waals surface area contributed by atoms with Crippen molar-refractivity contribution in [2.75, 3.05) is 19.7 Å². The van der Waals surface area contributed by atoms with Gasteiger partial charge in [-0.25, -0.2) is 4.39 Å². The number of benzene rings is 1. The maximum Gasteiger partial charge on any atom is 0.323 e. The molecule has 1 amide bonds. The number of aliphatic carboxylic acids is 1. The molecule has 1 N–H and O–H groups in total. The molecule has 20 heavy (non-hydrogen) atoms. The number of hydrogen-bond acceptors (Lipinski definition) is 3. The van der Waals surface area contributed by atoms with Gasteiger partial charge in [0.15, 0.2) is 6.61 Å². The molecule has 0 unspecified atom stereocenters. The summed E-state index contributed by atoms with van der Waals surface area (Å²) in [4.78, 5) is 23.5. The first-order chi connectivity index (χ1) is 9.43. The predicted octanol–water partition coefficient (Wildman–Crippen LogP) is 1.96. The molecule has 0 heterocycles. The molecule has 0 atom stereocenters. The van der Waals surface area contributed by atoms with Crippen molar-refractivity contribution in [1.29, 1.82) is 0 Å². The molecule has 0 saturated carbocycles. The number of ether oxygens (including phenoxy) is 1. The Balaban J connectivity index is 2.64. The van der Waals surface area contributed by atoms with Crippen LogP contribution < -0.4 is 4.74 Å². The van der Waals surface area contributed by atoms with E-state index >= 15 is 0 Å². The van der Waals surface area contributed by atoms with Crippen molar-refractivity contribution < 1.29 is 23.8 Å². The Hall–Kier alpha value is -2.08. The van der Waals surface area contributed by atoms with Crippen LogP contribution in [-0.4, -0.2) is 41.6 Å². The number of carboxylic acid groups (broad SMARTS) is 1. The normalized spacial score (nSPS) is 9.90. The van der Waals surface area contributed by atoms with Gasteiger partial charge < -0.3 is 14.7 Å². The van der Waals surface area contributed by atoms with E-state index < -0.39 is 30.8 Å². The summed E-state index contributed by atoms with van der Waals surface area (Å²) in [7, 11) is 0. The second-order valence-electron chi connectivity index (χ2n) is 3.82. The maximum absolute atomic E-state index is 12.8. The van der Waals surface area contributed by atoms with Crippen LogP contribution in [0.25, 0.3) is 0 Å². The third-order valence-electron chi connectivity index (χ3n) is 2.27. The SMILES string of the molecule is C=CCN(CC(=O)O)C(=O)COc1ccc(F)cc1Cl. The number of halogens is 2. The van der Waals surface area contributed by atoms with Crippen molar-refractivity contribution >= 4 is 23.5 Å². The Labute approximate surface area is 120 Å². The van der Waals surface area contributed by atoms with E-state index in [1.165, 1.54) is 12.1 Å². The molecule has 0 spiro atoms. The van der Waals surface area contributed by atoms with Gasteiger partial charge in [-0.3, -0.25) is 9.59 Å². The molecule has 5 nitrogen and oxygen atoms in total. The van der Waals surface area contributed by atoms with Crippen molar-refractivity contribution in [2.24, 2.45) is 0 Å². The molecule has 0 saturated heterocycles. The molecular formula is C13H13ClFNO4. The third kappa shape index (κ3) is 4.89. The van der Waals surface area contributed by atoms with Crippen LogP contribution in [0.15, 0.2) is 30.9 Å². The first-order valence-corrected chi connectivity index (χ1v) is 6.00. The Morgan fingerprint density at radius 3 is 2.75 bits per heavy atom. The minimum atomic E-state index is -1.14. The topological polar surface area (TPSA) is 66.8 Å². The van der Waals surface area contributed by atoms with Crippen LogP contribution in [0.2, 0.25) is 5.02 Å². The van der Waals surface area contributed by atoms with Gasteiger partial charge in [-0.05, 0) is 18.2 Å². The zero-order valence-corrected chi connectivity index (χ0v) is 11.3. The van der Waals surface area contributed by atoms with E-state index in [0.717, 1.165) is 17.0 Å². The van der Waals surface area contributed by atoms with E-state index in [9.17, 15) is 14.0 Å². The highest BCUT2D eigenvalue weighted by Crippen LogP contribution is 2.24. The molecule has 1 aromatic rings. The van der Waals surface area contributed by atoms with E-state index in [0.29, 0.717) is 0 Å². The zero-order valence-electron chi connectivity index (χ0n) is 10.5. The van der Waals surface area contributed by atoms with Gasteiger partial charge in [-0.1, -0.05) is 17.7 Å². The molecule has 0 aliphatic carbocycles. The lowest BCUT2D eigenvalue weighted by molar-refractivity contribution is -0.144. The highest BCUT2D eigenvalue weighted by molar-refractivity contribution is 6.32. The largest absolute Gasteiger partial charge is 0.482 e. The molecule has 0 aliphatic heterocycles. The van der Waals surface area contributed by atoms with Crippen LogP contribution in [0.4, 0.5) is 4.39 Å². The lowest BCUT2D eigenvalue weighted by Gasteiger charge is -2.19. The second-order valence-corrected chi connectivity index (χ2v) is 4.23. The number of carbonyl (C=O) groups is 2. The lowest BCUT2D eigenvalue weighted by Crippen LogP contribution is -2.38. The van der Waals surface area contributed by atoms with E-state index in [1.54, 1.807) is 0 Å². The number of carboxylic acids is 1. The summed E-state index contributed by atoms with van der Waals surface area (Å²) in [5.74, 6) is -2.05. The average molecular weight is 302 g/mol. The quantitative estimate of drug-likeness (QED) is 0.782. The minimum absolute atomic E-state index is 0.0336. The number of carbonyl (C=O) groups excluding carboxylic acids is 1. The highest BCUT2D eigenvalue weighted by atomic mass is 35.5. The van der Waals surface area contributed by atoms with Gasteiger partial charge in [0.05, 0.1) is 5.02 Å². The molecule has 1 aromatic carbocycles. The highest BCUT2D eigenvalue weighted by Gasteiger charge is 2.16. The Kier molecular flexibility index (Phi) is 5.99. The van der Waals surface area contributed by atoms with Gasteiger partial charge in [-0.15, -0.1) is 6.58 Å². The Morgan fingerprint density at radius 1 is 1.50 bits per heavy atom. The number of rotatable bonds is 7. The summed E-state index contributed by atoms with van der Waals surface area (Å²) in [6.45, 7) is 2.68. The molecule has 108 valence electrons. The summed E-state index contributed by atoms with van der Waals surface area (Å²) in [5, 5.41) is 8.72. The molecule has 0 aliphatic rings. The van der Waals surface area contributed by atoms with Crippen molar-refractivity contribution in [2.45, 2.75) is 0 Å². The van der Waals surface area contributed by atoms with Crippen LogP contribution in [0, 0.1) is 5.82 Å². The minimum Gasteiger partial charge on any atom is -0.482 e. The van der Waals surface area contributed by atoms with Crippen molar-refractivity contribution in [1.82, 2.24) is 4.90 Å². The third-order valence-corrected chi connectivity index (χ3v) is 2.57. The average Bonchev–Trinajstić information content (AvgIpc) is 2.36. The first kappa shape index (κ1) is 16.0. The van der Waals surface area contributed by atoms with Crippen LogP contribution in [-0.2, 0) is 9.59 Å². The monoisotopic (exact) mass is 301 g/mol. The number of hydrogen-bond donors (Lipinski definition) is 1. The van der Waals surface area contributed by atoms with Crippen molar-refractivity contribution in [3.05, 3.63) is 41.7 Å². The molecule has 0 radical (unpaired) electrons. The summed E-state index contributed by atoms with van der Waals surface area (Å²) in [6.07, 6.45) is 1.41. The molecule has 0 fully saturated rings. The van der Waals surface area contributed by atoms with Crippen LogP contribution in [0.1, 0.15) is 0 Å². The Morgan fingerprint density at radius 2 is 2.20 bits per heavy atom. The molecule has 0 bridgehead atoms. The van der Waals surface area contributed by atoms with Gasteiger partial charge in [0.2, 0.25) is 0 Å². The van der Waals surface area contributed by atoms with Gasteiger partial charge in [-0.2, -0.15) is 0 Å². The van der Waals surface area contributed by atoms with Gasteiger partial charge >= 0.3 is 5.97 Å². The van der Waals surface area contributed by atoms with E-state index in [2.05, 4.69) is 6.58 Å². The first-order valence-electron chi connectivity index (χ1n) is 5.62. The lowest BCUT2D eigenvalue weighted by atomic mass is 10.3. The van der Waals surface area contributed by atoms with E-state index in [4.69, 9.17) is 21.4 Å². The van der Waals surface area contributed by atoms with E-state index in [-0.39, 0.29) is 17.3 Å². The summed E-state index contributed by atoms with van der Waals surface area (Å²) in [5.41, 5.74) is 0. The fourth-order valence-electron chi connectivity index (χ4n) is 1.40. The standard InChI is InChI=1S/C13H13ClFNO4/c1-2-5-16(7-13(18)19)12(17)8-20-11-4-3-9(15)6-10(11)14/h2-4,6H,1,5,7-8H2,(H,18,19). The van der Waals surface area contributed by atoms with E-state index in [1.807, 2.05) is 0 Å². The molecule has 0 aromatic heterocycles.